The Morgan fingerprint density at radius 1 is 1.24 bits per heavy atom. The fourth-order valence-electron chi connectivity index (χ4n) is 1.41. The summed E-state index contributed by atoms with van der Waals surface area (Å²) < 4.78 is 0. The van der Waals surface area contributed by atoms with Gasteiger partial charge in [0, 0.05) is 11.8 Å². The summed E-state index contributed by atoms with van der Waals surface area (Å²) in [6, 6.07) is 9.70. The number of nitrogens with zero attached hydrogens (tertiary/aromatic N) is 1. The van der Waals surface area contributed by atoms with Gasteiger partial charge in [-0.1, -0.05) is 0 Å². The first kappa shape index (κ1) is 11.1. The Morgan fingerprint density at radius 3 is 2.59 bits per heavy atom. The quantitative estimate of drug-likeness (QED) is 0.829. The normalized spacial score (nSPS) is 9.94. The summed E-state index contributed by atoms with van der Waals surface area (Å²) in [7, 11) is 0. The van der Waals surface area contributed by atoms with Crippen molar-refractivity contribution < 1.29 is 9.90 Å². The molecule has 17 heavy (non-hydrogen) atoms. The molecule has 2 aromatic rings. The maximum Gasteiger partial charge on any atom is 0.256 e. The number of carbonyl (C=O) groups excluding carboxylic acids is 1. The average Bonchev–Trinajstić information content (AvgIpc) is 2.29. The minimum Gasteiger partial charge on any atom is -0.508 e. The van der Waals surface area contributed by atoms with E-state index in [0.29, 0.717) is 11.4 Å². The number of aromatic nitrogens is 1. The first-order chi connectivity index (χ1) is 8.15. The molecule has 0 saturated carbocycles. The highest BCUT2D eigenvalue weighted by Gasteiger charge is 2.06. The molecule has 1 aromatic heterocycles. The van der Waals surface area contributed by atoms with Crippen LogP contribution in [0.15, 0.2) is 42.6 Å². The Morgan fingerprint density at radius 2 is 1.94 bits per heavy atom. The van der Waals surface area contributed by atoms with Gasteiger partial charge >= 0.3 is 0 Å². The highest BCUT2D eigenvalue weighted by Crippen LogP contribution is 2.12. The number of benzene rings is 1. The fraction of sp³-hybridized carbons (Fsp3) is 0.0769. The molecule has 2 rings (SSSR count). The first-order valence-electron chi connectivity index (χ1n) is 5.18. The second-order valence-corrected chi connectivity index (χ2v) is 3.72. The lowest BCUT2D eigenvalue weighted by atomic mass is 10.2. The molecule has 0 bridgehead atoms. The van der Waals surface area contributed by atoms with Crippen LogP contribution in [-0.4, -0.2) is 16.0 Å². The van der Waals surface area contributed by atoms with Crippen LogP contribution in [0.4, 0.5) is 5.82 Å². The van der Waals surface area contributed by atoms with Crippen LogP contribution in [0.25, 0.3) is 0 Å². The minimum atomic E-state index is -0.247. The maximum absolute atomic E-state index is 11.8. The first-order valence-corrected chi connectivity index (χ1v) is 5.18. The third kappa shape index (κ3) is 2.81. The molecule has 0 saturated heterocycles. The number of pyridine rings is 1. The Bertz CT molecular complexity index is 535. The van der Waals surface area contributed by atoms with Crippen LogP contribution in [0.5, 0.6) is 5.75 Å². The Kier molecular flexibility index (Phi) is 3.05. The zero-order valence-corrected chi connectivity index (χ0v) is 9.34. The third-order valence-corrected chi connectivity index (χ3v) is 2.29. The van der Waals surface area contributed by atoms with Gasteiger partial charge in [0.05, 0.1) is 0 Å². The molecule has 0 radical (unpaired) electrons. The molecule has 0 aliphatic carbocycles. The van der Waals surface area contributed by atoms with Crippen LogP contribution in [-0.2, 0) is 0 Å². The lowest BCUT2D eigenvalue weighted by molar-refractivity contribution is 0.102. The van der Waals surface area contributed by atoms with Gasteiger partial charge in [-0.3, -0.25) is 4.79 Å². The highest BCUT2D eigenvalue weighted by atomic mass is 16.3. The van der Waals surface area contributed by atoms with Gasteiger partial charge in [-0.15, -0.1) is 0 Å². The number of aryl methyl sites for hydroxylation is 1. The summed E-state index contributed by atoms with van der Waals surface area (Å²) in [6.45, 7) is 1.93. The van der Waals surface area contributed by atoms with Gasteiger partial charge in [-0.25, -0.2) is 4.98 Å². The summed E-state index contributed by atoms with van der Waals surface area (Å²) in [5.41, 5.74) is 1.51. The van der Waals surface area contributed by atoms with E-state index in [1.807, 2.05) is 13.0 Å². The number of hydrogen-bond donors (Lipinski definition) is 2. The molecule has 1 aromatic carbocycles. The number of hydrogen-bond acceptors (Lipinski definition) is 3. The van der Waals surface area contributed by atoms with Crippen LogP contribution < -0.4 is 5.32 Å². The number of nitrogens with one attached hydrogen (secondary N) is 1. The third-order valence-electron chi connectivity index (χ3n) is 2.29. The number of anilines is 1. The van der Waals surface area contributed by atoms with E-state index in [1.54, 1.807) is 24.4 Å². The van der Waals surface area contributed by atoms with Crippen molar-refractivity contribution in [2.75, 3.05) is 5.32 Å². The predicted molar refractivity (Wildman–Crippen MR) is 65.0 cm³/mol. The van der Waals surface area contributed by atoms with Gasteiger partial charge in [-0.05, 0) is 48.9 Å². The molecule has 1 heterocycles. The Balaban J connectivity index is 2.14. The Hall–Kier alpha value is -2.36. The van der Waals surface area contributed by atoms with Gasteiger partial charge in [0.25, 0.3) is 5.91 Å². The van der Waals surface area contributed by atoms with Crippen molar-refractivity contribution in [2.24, 2.45) is 0 Å². The van der Waals surface area contributed by atoms with E-state index in [0.717, 1.165) is 5.56 Å². The molecule has 1 amide bonds. The van der Waals surface area contributed by atoms with E-state index in [9.17, 15) is 4.79 Å². The van der Waals surface area contributed by atoms with Crippen molar-refractivity contribution in [2.45, 2.75) is 6.92 Å². The molecule has 0 atom stereocenters. The predicted octanol–water partition coefficient (Wildman–Crippen LogP) is 2.35. The van der Waals surface area contributed by atoms with Gasteiger partial charge in [0.2, 0.25) is 0 Å². The van der Waals surface area contributed by atoms with Crippen LogP contribution >= 0.6 is 0 Å². The summed E-state index contributed by atoms with van der Waals surface area (Å²) in [6.07, 6.45) is 1.64. The second kappa shape index (κ2) is 4.65. The van der Waals surface area contributed by atoms with Crippen molar-refractivity contribution in [3.05, 3.63) is 53.7 Å². The van der Waals surface area contributed by atoms with Gasteiger partial charge in [0.1, 0.15) is 11.6 Å². The molecule has 0 aliphatic heterocycles. The summed E-state index contributed by atoms with van der Waals surface area (Å²) >= 11 is 0. The summed E-state index contributed by atoms with van der Waals surface area (Å²) in [5.74, 6) is 0.404. The highest BCUT2D eigenvalue weighted by molar-refractivity contribution is 6.03. The smallest absolute Gasteiger partial charge is 0.256 e. The van der Waals surface area contributed by atoms with Gasteiger partial charge < -0.3 is 10.4 Å². The molecule has 0 fully saturated rings. The number of phenolic OH excluding ortho intramolecular Hbond substituents is 1. The molecular formula is C13H12N2O2. The standard InChI is InChI=1S/C13H12N2O2/c1-9-6-7-14-12(8-9)15-13(17)10-2-4-11(16)5-3-10/h2-8,16H,1H3,(H,14,15,17). The van der Waals surface area contributed by atoms with Crippen molar-refractivity contribution in [3.63, 3.8) is 0 Å². The monoisotopic (exact) mass is 228 g/mol. The number of amides is 1. The molecule has 0 spiro atoms. The number of aromatic hydroxyl groups is 1. The average molecular weight is 228 g/mol. The van der Waals surface area contributed by atoms with Crippen LogP contribution in [0, 0.1) is 6.92 Å². The van der Waals surface area contributed by atoms with Crippen LogP contribution in [0.3, 0.4) is 0 Å². The van der Waals surface area contributed by atoms with E-state index < -0.39 is 0 Å². The molecule has 0 aliphatic rings. The van der Waals surface area contributed by atoms with Crippen molar-refractivity contribution in [3.8, 4) is 5.75 Å². The maximum atomic E-state index is 11.8. The topological polar surface area (TPSA) is 62.2 Å². The van der Waals surface area contributed by atoms with Crippen LogP contribution in [0.2, 0.25) is 0 Å². The number of rotatable bonds is 2. The van der Waals surface area contributed by atoms with E-state index in [2.05, 4.69) is 10.3 Å². The molecular weight excluding hydrogens is 216 g/mol. The summed E-state index contributed by atoms with van der Waals surface area (Å²) in [5, 5.41) is 11.8. The SMILES string of the molecule is Cc1ccnc(NC(=O)c2ccc(O)cc2)c1. The van der Waals surface area contributed by atoms with E-state index in [-0.39, 0.29) is 11.7 Å². The zero-order valence-electron chi connectivity index (χ0n) is 9.34. The fourth-order valence-corrected chi connectivity index (χ4v) is 1.41. The van der Waals surface area contributed by atoms with E-state index in [4.69, 9.17) is 5.11 Å². The Labute approximate surface area is 98.9 Å². The lowest BCUT2D eigenvalue weighted by Crippen LogP contribution is -2.12. The van der Waals surface area contributed by atoms with Crippen molar-refractivity contribution in [1.82, 2.24) is 4.98 Å². The summed E-state index contributed by atoms with van der Waals surface area (Å²) in [4.78, 5) is 15.8. The number of carbonyl (C=O) groups is 1. The zero-order chi connectivity index (χ0) is 12.3. The van der Waals surface area contributed by atoms with Crippen molar-refractivity contribution >= 4 is 11.7 Å². The molecule has 4 heteroatoms. The second-order valence-electron chi connectivity index (χ2n) is 3.72. The van der Waals surface area contributed by atoms with Crippen molar-refractivity contribution in [1.29, 1.82) is 0 Å². The van der Waals surface area contributed by atoms with Gasteiger partial charge in [0.15, 0.2) is 0 Å². The largest absolute Gasteiger partial charge is 0.508 e. The number of phenols is 1. The molecule has 4 nitrogen and oxygen atoms in total. The molecule has 86 valence electrons. The van der Waals surface area contributed by atoms with E-state index in [1.165, 1.54) is 12.1 Å². The van der Waals surface area contributed by atoms with Crippen LogP contribution in [0.1, 0.15) is 15.9 Å². The lowest BCUT2D eigenvalue weighted by Gasteiger charge is -2.04. The molecule has 2 N–H and O–H groups in total. The van der Waals surface area contributed by atoms with Gasteiger partial charge in [-0.2, -0.15) is 0 Å². The molecule has 0 unspecified atom stereocenters. The minimum absolute atomic E-state index is 0.134. The van der Waals surface area contributed by atoms with E-state index >= 15 is 0 Å².